The second-order valence-electron chi connectivity index (χ2n) is 10.6. The van der Waals surface area contributed by atoms with Crippen LogP contribution in [0.5, 0.6) is 0 Å². The van der Waals surface area contributed by atoms with E-state index in [0.717, 1.165) is 32.1 Å². The fourth-order valence-corrected chi connectivity index (χ4v) is 5.20. The van der Waals surface area contributed by atoms with Crippen molar-refractivity contribution in [1.82, 2.24) is 21.5 Å². The first-order valence-electron chi connectivity index (χ1n) is 11.8. The van der Waals surface area contributed by atoms with Crippen molar-refractivity contribution in [2.75, 3.05) is 0 Å². The summed E-state index contributed by atoms with van der Waals surface area (Å²) < 4.78 is 38.8. The van der Waals surface area contributed by atoms with E-state index in [0.29, 0.717) is 17.9 Å². The van der Waals surface area contributed by atoms with Gasteiger partial charge in [-0.25, -0.2) is 10.4 Å². The Hall–Kier alpha value is -1.06. The molecule has 3 rings (SSSR count). The van der Waals surface area contributed by atoms with Crippen LogP contribution in [0.15, 0.2) is 4.99 Å². The molecule has 184 valence electrons. The number of halogens is 4. The number of nitrogens with zero attached hydrogens (tertiary/aromatic N) is 1. The Bertz CT molecular complexity index is 665. The van der Waals surface area contributed by atoms with Gasteiger partial charge in [0.15, 0.2) is 5.96 Å². The average molecular weight is 480 g/mol. The molecular formula is C22H37ClF3N5O. The van der Waals surface area contributed by atoms with Crippen LogP contribution >= 0.6 is 11.6 Å². The molecule has 0 bridgehead atoms. The minimum Gasteiger partial charge on any atom is -0.351 e. The van der Waals surface area contributed by atoms with Crippen molar-refractivity contribution in [3.8, 4) is 0 Å². The van der Waals surface area contributed by atoms with Crippen LogP contribution in [0.25, 0.3) is 0 Å². The van der Waals surface area contributed by atoms with E-state index in [1.807, 2.05) is 20.8 Å². The minimum absolute atomic E-state index is 0.00108. The minimum atomic E-state index is -4.18. The van der Waals surface area contributed by atoms with Gasteiger partial charge in [-0.15, -0.1) is 11.6 Å². The van der Waals surface area contributed by atoms with Crippen molar-refractivity contribution in [3.63, 3.8) is 0 Å². The number of guanidine groups is 1. The van der Waals surface area contributed by atoms with Gasteiger partial charge in [0.2, 0.25) is 5.91 Å². The molecule has 1 aliphatic heterocycles. The molecule has 6 nitrogen and oxygen atoms in total. The third-order valence-corrected chi connectivity index (χ3v) is 7.20. The van der Waals surface area contributed by atoms with E-state index in [2.05, 4.69) is 21.5 Å². The predicted octanol–water partition coefficient (Wildman–Crippen LogP) is 4.21. The van der Waals surface area contributed by atoms with Gasteiger partial charge in [-0.05, 0) is 78.1 Å². The quantitative estimate of drug-likeness (QED) is 0.278. The lowest BCUT2D eigenvalue weighted by atomic mass is 9.81. The molecule has 1 amide bonds. The number of carbonyl (C=O) groups excluding carboxylic acids is 1. The van der Waals surface area contributed by atoms with E-state index in [-0.39, 0.29) is 48.7 Å². The van der Waals surface area contributed by atoms with Crippen LogP contribution in [-0.2, 0) is 4.79 Å². The van der Waals surface area contributed by atoms with E-state index in [4.69, 9.17) is 16.6 Å². The largest absolute Gasteiger partial charge is 0.391 e. The summed E-state index contributed by atoms with van der Waals surface area (Å²) in [6.45, 7) is 5.91. The molecule has 1 heterocycles. The Kier molecular flexibility index (Phi) is 8.36. The second-order valence-corrected chi connectivity index (χ2v) is 11.2. The fourth-order valence-electron chi connectivity index (χ4n) is 4.95. The van der Waals surface area contributed by atoms with Crippen LogP contribution in [0.3, 0.4) is 0 Å². The molecule has 0 spiro atoms. The van der Waals surface area contributed by atoms with E-state index >= 15 is 0 Å². The van der Waals surface area contributed by atoms with Gasteiger partial charge in [0.25, 0.3) is 0 Å². The number of rotatable bonds is 3. The van der Waals surface area contributed by atoms with Gasteiger partial charge in [-0.2, -0.15) is 13.2 Å². The van der Waals surface area contributed by atoms with E-state index < -0.39 is 18.0 Å². The number of carbonyl (C=O) groups is 1. The van der Waals surface area contributed by atoms with Crippen molar-refractivity contribution in [2.24, 2.45) is 22.7 Å². The Morgan fingerprint density at radius 1 is 0.969 bits per heavy atom. The summed E-state index contributed by atoms with van der Waals surface area (Å²) in [5, 5.41) is 6.37. The van der Waals surface area contributed by atoms with Crippen LogP contribution in [0.2, 0.25) is 0 Å². The average Bonchev–Trinajstić information content (AvgIpc) is 3.15. The standard InChI is InChI=1S/C22H37ClF3N5O/c1-21(2,3)29-20(28-19(32)14-4-8-15(9-5-14)22(24,25)26)27-18-12-17(30-31-18)13-6-10-16(23)11-7-13/h13-18,30-31H,4-12H2,1-3H3,(H2,27,28,29,32). The molecular weight excluding hydrogens is 443 g/mol. The van der Waals surface area contributed by atoms with Gasteiger partial charge in [0.05, 0.1) is 5.92 Å². The lowest BCUT2D eigenvalue weighted by Gasteiger charge is -2.30. The summed E-state index contributed by atoms with van der Waals surface area (Å²) >= 11 is 6.23. The maximum Gasteiger partial charge on any atom is 0.391 e. The van der Waals surface area contributed by atoms with Crippen LogP contribution in [0.1, 0.15) is 78.6 Å². The van der Waals surface area contributed by atoms with Gasteiger partial charge in [0.1, 0.15) is 6.17 Å². The van der Waals surface area contributed by atoms with Crippen LogP contribution < -0.4 is 21.5 Å². The van der Waals surface area contributed by atoms with Crippen molar-refractivity contribution >= 4 is 23.5 Å². The zero-order valence-electron chi connectivity index (χ0n) is 19.2. The van der Waals surface area contributed by atoms with Gasteiger partial charge < -0.3 is 5.32 Å². The third kappa shape index (κ3) is 7.48. The molecule has 4 N–H and O–H groups in total. The van der Waals surface area contributed by atoms with Crippen molar-refractivity contribution in [1.29, 1.82) is 0 Å². The molecule has 1 saturated heterocycles. The van der Waals surface area contributed by atoms with Crippen molar-refractivity contribution in [2.45, 2.75) is 108 Å². The fraction of sp³-hybridized carbons (Fsp3) is 0.909. The predicted molar refractivity (Wildman–Crippen MR) is 120 cm³/mol. The molecule has 0 aromatic rings. The van der Waals surface area contributed by atoms with Crippen LogP contribution in [-0.4, -0.2) is 41.2 Å². The van der Waals surface area contributed by atoms with Gasteiger partial charge in [-0.3, -0.25) is 15.5 Å². The number of hydrazine groups is 1. The SMILES string of the molecule is CC(C)(C)N/C(=N\C1CC(C2CCC(Cl)CC2)NN1)NC(=O)C1CCC(C(F)(F)F)CC1. The van der Waals surface area contributed by atoms with Gasteiger partial charge in [-0.1, -0.05) is 0 Å². The molecule has 2 atom stereocenters. The number of hydrogen-bond acceptors (Lipinski definition) is 4. The molecule has 0 aromatic carbocycles. The monoisotopic (exact) mass is 479 g/mol. The summed E-state index contributed by atoms with van der Waals surface area (Å²) in [5.74, 6) is -1.07. The molecule has 0 radical (unpaired) electrons. The smallest absolute Gasteiger partial charge is 0.351 e. The summed E-state index contributed by atoms with van der Waals surface area (Å²) in [6.07, 6.45) is 1.16. The lowest BCUT2D eigenvalue weighted by molar-refractivity contribution is -0.184. The molecule has 2 unspecified atom stereocenters. The summed E-state index contributed by atoms with van der Waals surface area (Å²) in [4.78, 5) is 17.5. The summed E-state index contributed by atoms with van der Waals surface area (Å²) in [7, 11) is 0. The van der Waals surface area contributed by atoms with Crippen LogP contribution in [0.4, 0.5) is 13.2 Å². The van der Waals surface area contributed by atoms with Gasteiger partial charge in [0, 0.05) is 29.3 Å². The number of aliphatic imine (C=N–C) groups is 1. The molecule has 3 aliphatic rings. The molecule has 32 heavy (non-hydrogen) atoms. The lowest BCUT2D eigenvalue weighted by Crippen LogP contribution is -2.52. The Morgan fingerprint density at radius 3 is 2.16 bits per heavy atom. The Morgan fingerprint density at radius 2 is 1.59 bits per heavy atom. The number of nitrogens with one attached hydrogen (secondary N) is 4. The normalized spacial score (nSPS) is 34.9. The molecule has 2 saturated carbocycles. The highest BCUT2D eigenvalue weighted by Gasteiger charge is 2.42. The molecule has 10 heteroatoms. The first-order valence-corrected chi connectivity index (χ1v) is 12.2. The first-order chi connectivity index (χ1) is 14.9. The van der Waals surface area contributed by atoms with E-state index in [9.17, 15) is 18.0 Å². The Balaban J connectivity index is 1.58. The first kappa shape index (κ1) is 25.6. The highest BCUT2D eigenvalue weighted by Crippen LogP contribution is 2.39. The number of alkyl halides is 4. The molecule has 0 aromatic heterocycles. The maximum atomic E-state index is 12.9. The zero-order chi connectivity index (χ0) is 23.5. The third-order valence-electron chi connectivity index (χ3n) is 6.76. The summed E-state index contributed by atoms with van der Waals surface area (Å²) in [5.41, 5.74) is 6.24. The van der Waals surface area contributed by atoms with E-state index in [1.165, 1.54) is 0 Å². The Labute approximate surface area is 193 Å². The van der Waals surface area contributed by atoms with Crippen molar-refractivity contribution in [3.05, 3.63) is 0 Å². The highest BCUT2D eigenvalue weighted by molar-refractivity contribution is 6.20. The maximum absolute atomic E-state index is 12.9. The van der Waals surface area contributed by atoms with Gasteiger partial charge >= 0.3 is 6.18 Å². The summed E-state index contributed by atoms with van der Waals surface area (Å²) in [6, 6.07) is 0.303. The zero-order valence-corrected chi connectivity index (χ0v) is 20.0. The number of amides is 1. The molecule has 3 fully saturated rings. The second kappa shape index (κ2) is 10.5. The van der Waals surface area contributed by atoms with Crippen LogP contribution in [0, 0.1) is 17.8 Å². The topological polar surface area (TPSA) is 77.6 Å². The van der Waals surface area contributed by atoms with Crippen molar-refractivity contribution < 1.29 is 18.0 Å². The number of hydrogen-bond donors (Lipinski definition) is 4. The molecule has 2 aliphatic carbocycles. The highest BCUT2D eigenvalue weighted by atomic mass is 35.5. The van der Waals surface area contributed by atoms with E-state index in [1.54, 1.807) is 0 Å².